The minimum atomic E-state index is 0.0681. The van der Waals surface area contributed by atoms with Gasteiger partial charge in [-0.05, 0) is 13.3 Å². The summed E-state index contributed by atoms with van der Waals surface area (Å²) in [5, 5.41) is 6.19. The fraction of sp³-hybridized carbons (Fsp3) is 0.529. The van der Waals surface area contributed by atoms with Gasteiger partial charge in [0, 0.05) is 44.1 Å². The molecule has 1 atom stereocenters. The molecule has 0 aromatic carbocycles. The summed E-state index contributed by atoms with van der Waals surface area (Å²) in [7, 11) is 1.81. The SMILES string of the molecule is Cc1nc(CC(=O)N(C)CCNc2cc([C@@H]3CCOC3)ncn2)cs1. The Kier molecular flexibility index (Phi) is 5.93. The Morgan fingerprint density at radius 1 is 1.48 bits per heavy atom. The van der Waals surface area contributed by atoms with Crippen molar-refractivity contribution in [3.8, 4) is 0 Å². The molecule has 0 saturated carbocycles. The van der Waals surface area contributed by atoms with Gasteiger partial charge >= 0.3 is 0 Å². The zero-order valence-electron chi connectivity index (χ0n) is 14.6. The molecular formula is C17H23N5O2S. The van der Waals surface area contributed by atoms with Gasteiger partial charge in [0.15, 0.2) is 0 Å². The van der Waals surface area contributed by atoms with Crippen molar-refractivity contribution in [3.63, 3.8) is 0 Å². The van der Waals surface area contributed by atoms with Gasteiger partial charge in [0.25, 0.3) is 0 Å². The third-order valence-corrected chi connectivity index (χ3v) is 5.04. The average Bonchev–Trinajstić information content (AvgIpc) is 3.27. The first kappa shape index (κ1) is 17.8. The molecule has 1 saturated heterocycles. The third kappa shape index (κ3) is 4.96. The highest BCUT2D eigenvalue weighted by molar-refractivity contribution is 7.09. The molecule has 0 radical (unpaired) electrons. The topological polar surface area (TPSA) is 80.2 Å². The van der Waals surface area contributed by atoms with Crippen LogP contribution in [0.5, 0.6) is 0 Å². The number of thiazole rings is 1. The van der Waals surface area contributed by atoms with Crippen molar-refractivity contribution in [2.45, 2.75) is 25.7 Å². The molecule has 2 aromatic heterocycles. The van der Waals surface area contributed by atoms with Gasteiger partial charge in [-0.1, -0.05) is 0 Å². The van der Waals surface area contributed by atoms with Crippen LogP contribution >= 0.6 is 11.3 Å². The fourth-order valence-corrected chi connectivity index (χ4v) is 3.33. The van der Waals surface area contributed by atoms with E-state index in [9.17, 15) is 4.79 Å². The van der Waals surface area contributed by atoms with Gasteiger partial charge in [0.1, 0.15) is 12.1 Å². The summed E-state index contributed by atoms with van der Waals surface area (Å²) in [5.74, 6) is 1.21. The largest absolute Gasteiger partial charge is 0.381 e. The molecule has 2 aromatic rings. The number of rotatable bonds is 7. The number of hydrogen-bond donors (Lipinski definition) is 1. The maximum atomic E-state index is 12.2. The van der Waals surface area contributed by atoms with Gasteiger partial charge in [-0.15, -0.1) is 11.3 Å². The monoisotopic (exact) mass is 361 g/mol. The van der Waals surface area contributed by atoms with Gasteiger partial charge in [0.05, 0.1) is 29.4 Å². The summed E-state index contributed by atoms with van der Waals surface area (Å²) in [6.07, 6.45) is 2.93. The number of amides is 1. The highest BCUT2D eigenvalue weighted by Gasteiger charge is 2.19. The molecule has 134 valence electrons. The molecule has 0 aliphatic carbocycles. The van der Waals surface area contributed by atoms with Gasteiger partial charge in [-0.3, -0.25) is 4.79 Å². The average molecular weight is 361 g/mol. The lowest BCUT2D eigenvalue weighted by molar-refractivity contribution is -0.129. The van der Waals surface area contributed by atoms with Crippen LogP contribution in [0.4, 0.5) is 5.82 Å². The summed E-state index contributed by atoms with van der Waals surface area (Å²) in [5.41, 5.74) is 1.85. The van der Waals surface area contributed by atoms with Gasteiger partial charge < -0.3 is 15.0 Å². The Morgan fingerprint density at radius 3 is 3.08 bits per heavy atom. The number of ether oxygens (including phenoxy) is 1. The molecule has 3 rings (SSSR count). The summed E-state index contributed by atoms with van der Waals surface area (Å²) >= 11 is 1.57. The number of anilines is 1. The summed E-state index contributed by atoms with van der Waals surface area (Å²) in [4.78, 5) is 26.9. The van der Waals surface area contributed by atoms with Crippen molar-refractivity contribution in [1.29, 1.82) is 0 Å². The normalized spacial score (nSPS) is 16.8. The van der Waals surface area contributed by atoms with Gasteiger partial charge in [0.2, 0.25) is 5.91 Å². The Labute approximate surface area is 151 Å². The molecule has 0 bridgehead atoms. The standard InChI is InChI=1S/C17H23N5O2S/c1-12-21-14(10-25-12)7-17(23)22(2)5-4-18-16-8-15(19-11-20-16)13-3-6-24-9-13/h8,10-11,13H,3-7,9H2,1-2H3,(H,18,19,20)/t13-/m1/s1. The van der Waals surface area contributed by atoms with E-state index in [1.165, 1.54) is 0 Å². The highest BCUT2D eigenvalue weighted by Crippen LogP contribution is 2.24. The van der Waals surface area contributed by atoms with Crippen LogP contribution in [0.3, 0.4) is 0 Å². The van der Waals surface area contributed by atoms with E-state index in [0.717, 1.165) is 41.8 Å². The number of aromatic nitrogens is 3. The molecule has 0 unspecified atom stereocenters. The first-order chi connectivity index (χ1) is 12.1. The lowest BCUT2D eigenvalue weighted by Gasteiger charge is -2.17. The summed E-state index contributed by atoms with van der Waals surface area (Å²) < 4.78 is 5.41. The number of hydrogen-bond acceptors (Lipinski definition) is 7. The second kappa shape index (κ2) is 8.35. The van der Waals surface area contributed by atoms with Crippen LogP contribution in [0.15, 0.2) is 17.8 Å². The fourth-order valence-electron chi connectivity index (χ4n) is 2.72. The van der Waals surface area contributed by atoms with E-state index in [-0.39, 0.29) is 5.91 Å². The van der Waals surface area contributed by atoms with Crippen LogP contribution < -0.4 is 5.32 Å². The zero-order valence-corrected chi connectivity index (χ0v) is 15.4. The third-order valence-electron chi connectivity index (χ3n) is 4.21. The van der Waals surface area contributed by atoms with Crippen LogP contribution in [-0.2, 0) is 16.0 Å². The van der Waals surface area contributed by atoms with Crippen LogP contribution in [0, 0.1) is 6.92 Å². The second-order valence-electron chi connectivity index (χ2n) is 6.17. The minimum Gasteiger partial charge on any atom is -0.381 e. The van der Waals surface area contributed by atoms with E-state index in [2.05, 4.69) is 20.3 Å². The predicted molar refractivity (Wildman–Crippen MR) is 96.9 cm³/mol. The Hall–Kier alpha value is -2.06. The molecule has 8 heteroatoms. The van der Waals surface area contributed by atoms with Gasteiger partial charge in [-0.2, -0.15) is 0 Å². The number of aryl methyl sites for hydroxylation is 1. The van der Waals surface area contributed by atoms with Crippen molar-refractivity contribution in [2.24, 2.45) is 0 Å². The molecule has 0 spiro atoms. The smallest absolute Gasteiger partial charge is 0.228 e. The predicted octanol–water partition coefficient (Wildman–Crippen LogP) is 1.86. The molecule has 25 heavy (non-hydrogen) atoms. The number of nitrogens with one attached hydrogen (secondary N) is 1. The molecule has 1 aliphatic heterocycles. The second-order valence-corrected chi connectivity index (χ2v) is 7.23. The molecule has 1 fully saturated rings. The Balaban J connectivity index is 1.45. The maximum absolute atomic E-state index is 12.2. The molecule has 7 nitrogen and oxygen atoms in total. The summed E-state index contributed by atoms with van der Waals surface area (Å²) in [6, 6.07) is 1.97. The van der Waals surface area contributed by atoms with E-state index in [0.29, 0.717) is 25.4 Å². The van der Waals surface area contributed by atoms with E-state index < -0.39 is 0 Å². The summed E-state index contributed by atoms with van der Waals surface area (Å²) in [6.45, 7) is 4.70. The van der Waals surface area contributed by atoms with Crippen LogP contribution in [0.2, 0.25) is 0 Å². The van der Waals surface area contributed by atoms with Gasteiger partial charge in [-0.25, -0.2) is 15.0 Å². The molecular weight excluding hydrogens is 338 g/mol. The van der Waals surface area contributed by atoms with E-state index in [1.807, 2.05) is 25.4 Å². The first-order valence-corrected chi connectivity index (χ1v) is 9.28. The number of carbonyl (C=O) groups excluding carboxylic acids is 1. The van der Waals surface area contributed by atoms with Crippen LogP contribution in [0.1, 0.15) is 28.7 Å². The van der Waals surface area contributed by atoms with Crippen molar-refractivity contribution in [1.82, 2.24) is 19.9 Å². The van der Waals surface area contributed by atoms with E-state index in [4.69, 9.17) is 4.74 Å². The van der Waals surface area contributed by atoms with Crippen molar-refractivity contribution in [3.05, 3.63) is 34.2 Å². The number of likely N-dealkylation sites (N-methyl/N-ethyl adjacent to an activating group) is 1. The Morgan fingerprint density at radius 2 is 2.36 bits per heavy atom. The lowest BCUT2D eigenvalue weighted by Crippen LogP contribution is -2.32. The van der Waals surface area contributed by atoms with Crippen LogP contribution in [0.25, 0.3) is 0 Å². The molecule has 1 amide bonds. The quantitative estimate of drug-likeness (QED) is 0.811. The van der Waals surface area contributed by atoms with E-state index >= 15 is 0 Å². The maximum Gasteiger partial charge on any atom is 0.228 e. The van der Waals surface area contributed by atoms with Crippen molar-refractivity contribution < 1.29 is 9.53 Å². The first-order valence-electron chi connectivity index (χ1n) is 8.40. The highest BCUT2D eigenvalue weighted by atomic mass is 32.1. The van der Waals surface area contributed by atoms with Crippen molar-refractivity contribution in [2.75, 3.05) is 38.7 Å². The number of carbonyl (C=O) groups is 1. The van der Waals surface area contributed by atoms with Crippen molar-refractivity contribution >= 4 is 23.1 Å². The van der Waals surface area contributed by atoms with E-state index in [1.54, 1.807) is 22.6 Å². The molecule has 1 aliphatic rings. The minimum absolute atomic E-state index is 0.0681. The molecule has 1 N–H and O–H groups in total. The molecule has 3 heterocycles. The zero-order chi connectivity index (χ0) is 17.6. The number of nitrogens with zero attached hydrogens (tertiary/aromatic N) is 4. The lowest BCUT2D eigenvalue weighted by atomic mass is 10.1. The van der Waals surface area contributed by atoms with Crippen LogP contribution in [-0.4, -0.2) is 59.1 Å². The Bertz CT molecular complexity index is 715.